The van der Waals surface area contributed by atoms with Crippen molar-refractivity contribution < 1.29 is 22.6 Å². The van der Waals surface area contributed by atoms with E-state index in [4.69, 9.17) is 4.74 Å². The summed E-state index contributed by atoms with van der Waals surface area (Å²) < 4.78 is 48.4. The number of halogens is 4. The van der Waals surface area contributed by atoms with Crippen molar-refractivity contribution in [1.82, 2.24) is 19.5 Å². The van der Waals surface area contributed by atoms with Gasteiger partial charge in [-0.05, 0) is 40.2 Å². The first kappa shape index (κ1) is 19.0. The lowest BCUT2D eigenvalue weighted by Gasteiger charge is -2.12. The molecule has 4 aromatic rings. The fourth-order valence-electron chi connectivity index (χ4n) is 2.65. The highest BCUT2D eigenvalue weighted by atomic mass is 79.9. The number of nitrogens with one attached hydrogen (secondary N) is 1. The summed E-state index contributed by atoms with van der Waals surface area (Å²) in [5, 5.41) is 0. The smallest absolute Gasteiger partial charge is 0.439 e. The lowest BCUT2D eigenvalue weighted by Crippen LogP contribution is -2.17. The van der Waals surface area contributed by atoms with Gasteiger partial charge in [0.05, 0.1) is 33.6 Å². The minimum Gasteiger partial charge on any atom is -0.439 e. The van der Waals surface area contributed by atoms with Crippen LogP contribution >= 0.6 is 15.9 Å². The van der Waals surface area contributed by atoms with Gasteiger partial charge in [-0.15, -0.1) is 13.2 Å². The Bertz CT molecular complexity index is 1240. The SMILES string of the molecule is O=c1[nH]c2cnccc2n1-c1ccc(Oc2ccc(Br)c(OC(F)(F)F)c2)nc1. The summed E-state index contributed by atoms with van der Waals surface area (Å²) in [5.74, 6) is -0.211. The molecule has 0 radical (unpaired) electrons. The second kappa shape index (κ2) is 7.24. The minimum atomic E-state index is -4.83. The van der Waals surface area contributed by atoms with E-state index in [2.05, 4.69) is 35.6 Å². The Labute approximate surface area is 168 Å². The highest BCUT2D eigenvalue weighted by Crippen LogP contribution is 2.34. The van der Waals surface area contributed by atoms with Gasteiger partial charge in [-0.1, -0.05) is 0 Å². The van der Waals surface area contributed by atoms with Crippen molar-refractivity contribution in [2.24, 2.45) is 0 Å². The third-order valence-electron chi connectivity index (χ3n) is 3.81. The zero-order valence-electron chi connectivity index (χ0n) is 14.3. The van der Waals surface area contributed by atoms with Crippen molar-refractivity contribution in [2.45, 2.75) is 6.36 Å². The third kappa shape index (κ3) is 4.09. The van der Waals surface area contributed by atoms with Crippen LogP contribution in [0.4, 0.5) is 13.2 Å². The number of benzene rings is 1. The van der Waals surface area contributed by atoms with Crippen molar-refractivity contribution in [3.63, 3.8) is 0 Å². The van der Waals surface area contributed by atoms with E-state index >= 15 is 0 Å². The summed E-state index contributed by atoms with van der Waals surface area (Å²) >= 11 is 2.99. The van der Waals surface area contributed by atoms with E-state index in [-0.39, 0.29) is 21.8 Å². The quantitative estimate of drug-likeness (QED) is 0.476. The number of H-pyrrole nitrogens is 1. The fraction of sp³-hybridized carbons (Fsp3) is 0.0556. The number of fused-ring (bicyclic) bond motifs is 1. The molecule has 0 aliphatic rings. The van der Waals surface area contributed by atoms with E-state index in [1.54, 1.807) is 18.3 Å². The number of nitrogens with zero attached hydrogens (tertiary/aromatic N) is 3. The molecule has 3 heterocycles. The maximum Gasteiger partial charge on any atom is 0.573 e. The van der Waals surface area contributed by atoms with Gasteiger partial charge in [0.25, 0.3) is 0 Å². The lowest BCUT2D eigenvalue weighted by atomic mass is 10.3. The van der Waals surface area contributed by atoms with Gasteiger partial charge in [0.1, 0.15) is 11.5 Å². The molecule has 0 unspecified atom stereocenters. The number of ether oxygens (including phenoxy) is 2. The van der Waals surface area contributed by atoms with Gasteiger partial charge in [-0.25, -0.2) is 9.78 Å². The standard InChI is InChI=1S/C18H10BrF3N4O3/c19-12-3-2-11(7-15(12)29-18(20,21)22)28-16-4-1-10(8-24-16)26-14-5-6-23-9-13(14)25-17(26)27/h1-9H,(H,25,27). The van der Waals surface area contributed by atoms with E-state index in [1.165, 1.54) is 35.2 Å². The first-order valence-corrected chi connectivity index (χ1v) is 8.84. The average Bonchev–Trinajstić information content (AvgIpc) is 3.00. The second-order valence-electron chi connectivity index (χ2n) is 5.76. The van der Waals surface area contributed by atoms with E-state index in [1.807, 2.05) is 0 Å². The molecule has 29 heavy (non-hydrogen) atoms. The Hall–Kier alpha value is -3.34. The number of pyridine rings is 2. The van der Waals surface area contributed by atoms with E-state index in [0.717, 1.165) is 6.07 Å². The molecule has 0 atom stereocenters. The van der Waals surface area contributed by atoms with Crippen molar-refractivity contribution in [3.8, 4) is 23.1 Å². The Kier molecular flexibility index (Phi) is 4.74. The molecule has 0 aliphatic carbocycles. The van der Waals surface area contributed by atoms with Crippen molar-refractivity contribution in [1.29, 1.82) is 0 Å². The summed E-state index contributed by atoms with van der Waals surface area (Å²) in [4.78, 5) is 23.0. The molecule has 0 spiro atoms. The van der Waals surface area contributed by atoms with Crippen LogP contribution < -0.4 is 15.2 Å². The Morgan fingerprint density at radius 3 is 2.66 bits per heavy atom. The zero-order chi connectivity index (χ0) is 20.6. The lowest BCUT2D eigenvalue weighted by molar-refractivity contribution is -0.274. The minimum absolute atomic E-state index is 0.100. The number of aromatic nitrogens is 4. The number of rotatable bonds is 4. The molecule has 0 aliphatic heterocycles. The molecule has 0 fully saturated rings. The molecule has 11 heteroatoms. The van der Waals surface area contributed by atoms with Crippen LogP contribution in [0.3, 0.4) is 0 Å². The number of hydrogen-bond acceptors (Lipinski definition) is 5. The van der Waals surface area contributed by atoms with Crippen LogP contribution in [-0.2, 0) is 0 Å². The summed E-state index contributed by atoms with van der Waals surface area (Å²) in [5.41, 5.74) is 1.33. The van der Waals surface area contributed by atoms with E-state index in [9.17, 15) is 18.0 Å². The van der Waals surface area contributed by atoms with Crippen LogP contribution in [0.1, 0.15) is 0 Å². The molecule has 4 rings (SSSR count). The van der Waals surface area contributed by atoms with Crippen LogP contribution in [0.15, 0.2) is 64.3 Å². The third-order valence-corrected chi connectivity index (χ3v) is 4.47. The second-order valence-corrected chi connectivity index (χ2v) is 6.61. The Balaban J connectivity index is 1.60. The monoisotopic (exact) mass is 466 g/mol. The molecule has 0 amide bonds. The highest BCUT2D eigenvalue weighted by Gasteiger charge is 2.32. The van der Waals surface area contributed by atoms with Gasteiger partial charge in [-0.3, -0.25) is 9.55 Å². The first-order chi connectivity index (χ1) is 13.8. The molecule has 0 saturated heterocycles. The first-order valence-electron chi connectivity index (χ1n) is 8.04. The van der Waals surface area contributed by atoms with Crippen LogP contribution in [0.5, 0.6) is 17.4 Å². The molecule has 3 aromatic heterocycles. The zero-order valence-corrected chi connectivity index (χ0v) is 15.9. The molecule has 1 aromatic carbocycles. The topological polar surface area (TPSA) is 82.0 Å². The van der Waals surface area contributed by atoms with Crippen molar-refractivity contribution in [2.75, 3.05) is 0 Å². The van der Waals surface area contributed by atoms with Crippen LogP contribution in [0.2, 0.25) is 0 Å². The fourth-order valence-corrected chi connectivity index (χ4v) is 2.98. The molecule has 1 N–H and O–H groups in total. The Morgan fingerprint density at radius 2 is 1.93 bits per heavy atom. The predicted molar refractivity (Wildman–Crippen MR) is 100 cm³/mol. The Morgan fingerprint density at radius 1 is 1.10 bits per heavy atom. The average molecular weight is 467 g/mol. The molecular formula is C18H10BrF3N4O3. The largest absolute Gasteiger partial charge is 0.573 e. The summed E-state index contributed by atoms with van der Waals surface area (Å²) in [6, 6.07) is 8.69. The van der Waals surface area contributed by atoms with Gasteiger partial charge in [0, 0.05) is 18.3 Å². The van der Waals surface area contributed by atoms with Crippen LogP contribution in [0, 0.1) is 0 Å². The predicted octanol–water partition coefficient (Wildman–Crippen LogP) is 4.56. The molecule has 7 nitrogen and oxygen atoms in total. The van der Waals surface area contributed by atoms with Crippen LogP contribution in [-0.4, -0.2) is 25.9 Å². The maximum atomic E-state index is 12.5. The van der Waals surface area contributed by atoms with Gasteiger partial charge in [-0.2, -0.15) is 0 Å². The van der Waals surface area contributed by atoms with Gasteiger partial charge >= 0.3 is 12.1 Å². The number of alkyl halides is 3. The van der Waals surface area contributed by atoms with Crippen molar-refractivity contribution in [3.05, 3.63) is 69.9 Å². The molecule has 0 saturated carbocycles. The molecular weight excluding hydrogens is 457 g/mol. The maximum absolute atomic E-state index is 12.5. The number of hydrogen-bond donors (Lipinski definition) is 1. The normalized spacial score (nSPS) is 11.6. The van der Waals surface area contributed by atoms with E-state index in [0.29, 0.717) is 16.7 Å². The van der Waals surface area contributed by atoms with Gasteiger partial charge < -0.3 is 14.5 Å². The van der Waals surface area contributed by atoms with Crippen LogP contribution in [0.25, 0.3) is 16.7 Å². The summed E-state index contributed by atoms with van der Waals surface area (Å²) in [7, 11) is 0. The van der Waals surface area contributed by atoms with Gasteiger partial charge in [0.2, 0.25) is 5.88 Å². The summed E-state index contributed by atoms with van der Waals surface area (Å²) in [6.07, 6.45) is -0.322. The van der Waals surface area contributed by atoms with E-state index < -0.39 is 12.1 Å². The van der Waals surface area contributed by atoms with Crippen molar-refractivity contribution >= 4 is 27.0 Å². The number of aromatic amines is 1. The molecule has 148 valence electrons. The van der Waals surface area contributed by atoms with Gasteiger partial charge in [0.15, 0.2) is 0 Å². The molecule has 0 bridgehead atoms. The number of imidazole rings is 1. The summed E-state index contributed by atoms with van der Waals surface area (Å²) in [6.45, 7) is 0. The highest BCUT2D eigenvalue weighted by molar-refractivity contribution is 9.10.